The van der Waals surface area contributed by atoms with Crippen molar-refractivity contribution in [3.8, 4) is 11.5 Å². The number of carbonyl (C=O) groups is 2. The van der Waals surface area contributed by atoms with Crippen LogP contribution in [0.25, 0.3) is 0 Å². The van der Waals surface area contributed by atoms with Gasteiger partial charge in [0.05, 0.1) is 30.7 Å². The molecule has 0 unspecified atom stereocenters. The van der Waals surface area contributed by atoms with Crippen molar-refractivity contribution >= 4 is 17.5 Å². The molecule has 0 radical (unpaired) electrons. The lowest BCUT2D eigenvalue weighted by Gasteiger charge is -2.31. The second-order valence-corrected chi connectivity index (χ2v) is 9.24. The fraction of sp³-hybridized carbons (Fsp3) is 0.500. The largest absolute Gasteiger partial charge is 0.454 e. The highest BCUT2D eigenvalue weighted by Crippen LogP contribution is 2.39. The summed E-state index contributed by atoms with van der Waals surface area (Å²) in [6.45, 7) is 6.28. The first-order chi connectivity index (χ1) is 17.5. The molecule has 10 nitrogen and oxygen atoms in total. The zero-order valence-corrected chi connectivity index (χ0v) is 20.9. The fourth-order valence-electron chi connectivity index (χ4n) is 4.87. The second kappa shape index (κ2) is 10.7. The standard InChI is InChI=1S/C26H33N5O5/c1-3-25(32)30(10-9-29-11-13-34-14-12-29)17-26(33)31-22(16-20(27-31)21-5-4-8-28(21)2)19-6-7-23-24(15-19)36-18-35-23/h4-8,15,22H,3,9-14,16-18H2,1-2H3/t22-/m1/s1. The van der Waals surface area contributed by atoms with E-state index < -0.39 is 0 Å². The van der Waals surface area contributed by atoms with Crippen LogP contribution in [0.5, 0.6) is 11.5 Å². The van der Waals surface area contributed by atoms with Crippen LogP contribution in [0.1, 0.15) is 37.1 Å². The van der Waals surface area contributed by atoms with E-state index >= 15 is 0 Å². The molecule has 0 bridgehead atoms. The van der Waals surface area contributed by atoms with Gasteiger partial charge in [-0.15, -0.1) is 0 Å². The lowest BCUT2D eigenvalue weighted by Crippen LogP contribution is -2.46. The van der Waals surface area contributed by atoms with E-state index in [0.29, 0.717) is 50.6 Å². The highest BCUT2D eigenvalue weighted by molar-refractivity contribution is 6.02. The maximum atomic E-state index is 13.7. The monoisotopic (exact) mass is 495 g/mol. The smallest absolute Gasteiger partial charge is 0.262 e. The Bertz CT molecular complexity index is 1140. The van der Waals surface area contributed by atoms with Crippen molar-refractivity contribution in [3.05, 3.63) is 47.8 Å². The fourth-order valence-corrected chi connectivity index (χ4v) is 4.87. The third-order valence-corrected chi connectivity index (χ3v) is 6.96. The predicted octanol–water partition coefficient (Wildman–Crippen LogP) is 2.00. The van der Waals surface area contributed by atoms with Gasteiger partial charge in [0.15, 0.2) is 11.5 Å². The summed E-state index contributed by atoms with van der Waals surface area (Å²) in [5, 5.41) is 6.32. The van der Waals surface area contributed by atoms with E-state index in [1.165, 1.54) is 0 Å². The number of aryl methyl sites for hydroxylation is 1. The van der Waals surface area contributed by atoms with Gasteiger partial charge in [0.25, 0.3) is 5.91 Å². The summed E-state index contributed by atoms with van der Waals surface area (Å²) in [5.74, 6) is 1.12. The molecule has 36 heavy (non-hydrogen) atoms. The molecule has 192 valence electrons. The number of benzene rings is 1. The molecule has 3 aliphatic heterocycles. The summed E-state index contributed by atoms with van der Waals surface area (Å²) >= 11 is 0. The Kier molecular flexibility index (Phi) is 7.24. The van der Waals surface area contributed by atoms with Crippen molar-refractivity contribution < 1.29 is 23.8 Å². The van der Waals surface area contributed by atoms with E-state index in [2.05, 4.69) is 4.90 Å². The van der Waals surface area contributed by atoms with Crippen LogP contribution in [-0.2, 0) is 21.4 Å². The second-order valence-electron chi connectivity index (χ2n) is 9.24. The Balaban J connectivity index is 1.37. The summed E-state index contributed by atoms with van der Waals surface area (Å²) in [6, 6.07) is 9.41. The van der Waals surface area contributed by atoms with Gasteiger partial charge in [0, 0.05) is 52.3 Å². The molecule has 0 spiro atoms. The van der Waals surface area contributed by atoms with Gasteiger partial charge in [-0.2, -0.15) is 5.10 Å². The normalized spacial score (nSPS) is 19.4. The van der Waals surface area contributed by atoms with Crippen LogP contribution in [0.3, 0.4) is 0 Å². The van der Waals surface area contributed by atoms with E-state index in [1.807, 2.05) is 55.1 Å². The average Bonchev–Trinajstić information content (AvgIpc) is 3.65. The molecular weight excluding hydrogens is 462 g/mol. The molecule has 1 fully saturated rings. The van der Waals surface area contributed by atoms with Crippen molar-refractivity contribution in [2.24, 2.45) is 12.1 Å². The minimum Gasteiger partial charge on any atom is -0.454 e. The first kappa shape index (κ1) is 24.3. The Morgan fingerprint density at radius 3 is 2.69 bits per heavy atom. The number of aromatic nitrogens is 1. The Morgan fingerprint density at radius 2 is 1.94 bits per heavy atom. The van der Waals surface area contributed by atoms with E-state index in [4.69, 9.17) is 19.3 Å². The maximum Gasteiger partial charge on any atom is 0.262 e. The van der Waals surface area contributed by atoms with Crippen molar-refractivity contribution in [3.63, 3.8) is 0 Å². The summed E-state index contributed by atoms with van der Waals surface area (Å²) < 4.78 is 18.5. The number of amides is 2. The first-order valence-corrected chi connectivity index (χ1v) is 12.5. The van der Waals surface area contributed by atoms with Gasteiger partial charge in [-0.25, -0.2) is 5.01 Å². The zero-order chi connectivity index (χ0) is 25.1. The van der Waals surface area contributed by atoms with E-state index in [1.54, 1.807) is 9.91 Å². The lowest BCUT2D eigenvalue weighted by molar-refractivity contribution is -0.141. The van der Waals surface area contributed by atoms with E-state index in [9.17, 15) is 9.59 Å². The molecule has 2 amide bonds. The SMILES string of the molecule is CCC(=O)N(CCN1CCOCC1)CC(=O)N1N=C(c2cccn2C)C[C@@H]1c1ccc2c(c1)OCO2. The molecule has 1 atom stereocenters. The van der Waals surface area contributed by atoms with Crippen molar-refractivity contribution in [2.45, 2.75) is 25.8 Å². The van der Waals surface area contributed by atoms with Crippen molar-refractivity contribution in [1.82, 2.24) is 19.4 Å². The summed E-state index contributed by atoms with van der Waals surface area (Å²) in [5.41, 5.74) is 2.72. The van der Waals surface area contributed by atoms with Crippen LogP contribution < -0.4 is 9.47 Å². The van der Waals surface area contributed by atoms with Gasteiger partial charge in [-0.1, -0.05) is 13.0 Å². The quantitative estimate of drug-likeness (QED) is 0.557. The van der Waals surface area contributed by atoms with E-state index in [0.717, 1.165) is 30.1 Å². The highest BCUT2D eigenvalue weighted by atomic mass is 16.7. The molecule has 2 aromatic rings. The summed E-state index contributed by atoms with van der Waals surface area (Å²) in [6.07, 6.45) is 2.88. The average molecular weight is 496 g/mol. The van der Waals surface area contributed by atoms with Crippen molar-refractivity contribution in [2.75, 3.05) is 52.7 Å². The Morgan fingerprint density at radius 1 is 1.14 bits per heavy atom. The van der Waals surface area contributed by atoms with Crippen LogP contribution in [-0.4, -0.2) is 89.6 Å². The molecule has 1 saturated heterocycles. The molecular formula is C26H33N5O5. The van der Waals surface area contributed by atoms with E-state index in [-0.39, 0.29) is 31.2 Å². The molecule has 4 heterocycles. The van der Waals surface area contributed by atoms with Crippen LogP contribution >= 0.6 is 0 Å². The molecule has 5 rings (SSSR count). The number of ether oxygens (including phenoxy) is 3. The number of morpholine rings is 1. The summed E-state index contributed by atoms with van der Waals surface area (Å²) in [7, 11) is 1.96. The number of nitrogens with zero attached hydrogens (tertiary/aromatic N) is 5. The number of rotatable bonds is 8. The molecule has 0 N–H and O–H groups in total. The van der Waals surface area contributed by atoms with Crippen molar-refractivity contribution in [1.29, 1.82) is 0 Å². The van der Waals surface area contributed by atoms with Gasteiger partial charge < -0.3 is 23.7 Å². The molecule has 10 heteroatoms. The number of fused-ring (bicyclic) bond motifs is 1. The van der Waals surface area contributed by atoms with Gasteiger partial charge in [-0.05, 0) is 29.8 Å². The van der Waals surface area contributed by atoms with Gasteiger partial charge in [-0.3, -0.25) is 14.5 Å². The van der Waals surface area contributed by atoms with Crippen LogP contribution in [0.2, 0.25) is 0 Å². The van der Waals surface area contributed by atoms with Crippen LogP contribution in [0, 0.1) is 0 Å². The van der Waals surface area contributed by atoms with Crippen LogP contribution in [0.15, 0.2) is 41.6 Å². The number of hydrogen-bond donors (Lipinski definition) is 0. The highest BCUT2D eigenvalue weighted by Gasteiger charge is 2.35. The number of hydrazone groups is 1. The Hall–Kier alpha value is -3.37. The summed E-state index contributed by atoms with van der Waals surface area (Å²) in [4.78, 5) is 30.3. The number of hydrogen-bond acceptors (Lipinski definition) is 7. The van der Waals surface area contributed by atoms with Gasteiger partial charge in [0.2, 0.25) is 12.7 Å². The minimum atomic E-state index is -0.297. The topological polar surface area (TPSA) is 88.8 Å². The predicted molar refractivity (Wildman–Crippen MR) is 133 cm³/mol. The first-order valence-electron chi connectivity index (χ1n) is 12.5. The van der Waals surface area contributed by atoms with Gasteiger partial charge >= 0.3 is 0 Å². The third-order valence-electron chi connectivity index (χ3n) is 6.96. The van der Waals surface area contributed by atoms with Crippen LogP contribution in [0.4, 0.5) is 0 Å². The molecule has 1 aromatic carbocycles. The molecule has 0 saturated carbocycles. The van der Waals surface area contributed by atoms with Gasteiger partial charge in [0.1, 0.15) is 6.54 Å². The zero-order valence-electron chi connectivity index (χ0n) is 20.9. The number of carbonyl (C=O) groups excluding carboxylic acids is 2. The molecule has 0 aliphatic carbocycles. The maximum absolute atomic E-state index is 13.7. The Labute approximate surface area is 211 Å². The third kappa shape index (κ3) is 5.10. The minimum absolute atomic E-state index is 0.0119. The lowest BCUT2D eigenvalue weighted by atomic mass is 10.00. The molecule has 3 aliphatic rings. The molecule has 1 aromatic heterocycles.